The van der Waals surface area contributed by atoms with Gasteiger partial charge in [-0.1, -0.05) is 35.9 Å². The summed E-state index contributed by atoms with van der Waals surface area (Å²) in [4.78, 5) is 31.1. The van der Waals surface area contributed by atoms with Gasteiger partial charge in [0.1, 0.15) is 12.4 Å². The zero-order chi connectivity index (χ0) is 23.9. The number of thioether (sulfide) groups is 1. The van der Waals surface area contributed by atoms with Crippen molar-refractivity contribution >= 4 is 40.3 Å². The quantitative estimate of drug-likeness (QED) is 0.263. The van der Waals surface area contributed by atoms with Crippen LogP contribution >= 0.6 is 11.8 Å². The van der Waals surface area contributed by atoms with Crippen molar-refractivity contribution < 1.29 is 9.59 Å². The molecule has 6 nitrogen and oxygen atoms in total. The largest absolute Gasteiger partial charge is 0.352 e. The van der Waals surface area contributed by atoms with Gasteiger partial charge in [0.25, 0.3) is 5.91 Å². The van der Waals surface area contributed by atoms with Crippen molar-refractivity contribution in [3.63, 3.8) is 0 Å². The van der Waals surface area contributed by atoms with E-state index in [-0.39, 0.29) is 18.4 Å². The average Bonchev–Trinajstić information content (AvgIpc) is 3.19. The maximum absolute atomic E-state index is 12.9. The second kappa shape index (κ2) is 11.0. The zero-order valence-corrected chi connectivity index (χ0v) is 20.2. The van der Waals surface area contributed by atoms with E-state index in [0.717, 1.165) is 39.4 Å². The number of amides is 2. The van der Waals surface area contributed by atoms with E-state index in [1.54, 1.807) is 11.8 Å². The van der Waals surface area contributed by atoms with E-state index < -0.39 is 0 Å². The fourth-order valence-electron chi connectivity index (χ4n) is 3.79. The molecule has 0 aliphatic heterocycles. The summed E-state index contributed by atoms with van der Waals surface area (Å²) in [6, 6.07) is 23.2. The lowest BCUT2D eigenvalue weighted by atomic mass is 10.1. The molecule has 1 aromatic heterocycles. The fourth-order valence-corrected chi connectivity index (χ4v) is 4.25. The van der Waals surface area contributed by atoms with Gasteiger partial charge in [-0.25, -0.2) is 4.98 Å². The molecule has 4 aromatic rings. The van der Waals surface area contributed by atoms with Crippen LogP contribution in [-0.4, -0.2) is 34.2 Å². The van der Waals surface area contributed by atoms with E-state index in [0.29, 0.717) is 18.5 Å². The van der Waals surface area contributed by atoms with Crippen LogP contribution in [0.2, 0.25) is 0 Å². The monoisotopic (exact) mass is 472 g/mol. The number of aryl methyl sites for hydroxylation is 2. The number of hydrogen-bond acceptors (Lipinski definition) is 4. The van der Waals surface area contributed by atoms with Gasteiger partial charge in [-0.3, -0.25) is 9.59 Å². The number of nitrogens with one attached hydrogen (secondary N) is 2. The Bertz CT molecular complexity index is 1300. The number of para-hydroxylation sites is 2. The summed E-state index contributed by atoms with van der Waals surface area (Å²) in [5.74, 6) is 0.648. The van der Waals surface area contributed by atoms with Gasteiger partial charge < -0.3 is 15.2 Å². The minimum atomic E-state index is -0.102. The van der Waals surface area contributed by atoms with Crippen LogP contribution in [0, 0.1) is 6.92 Å². The lowest BCUT2D eigenvalue weighted by Crippen LogP contribution is -2.25. The second-order valence-corrected chi connectivity index (χ2v) is 8.99. The second-order valence-electron chi connectivity index (χ2n) is 8.11. The highest BCUT2D eigenvalue weighted by Crippen LogP contribution is 2.20. The first-order valence-electron chi connectivity index (χ1n) is 11.3. The highest BCUT2D eigenvalue weighted by atomic mass is 32.2. The molecule has 2 amide bonds. The third-order valence-electron chi connectivity index (χ3n) is 5.57. The van der Waals surface area contributed by atoms with Crippen molar-refractivity contribution in [2.24, 2.45) is 0 Å². The summed E-state index contributed by atoms with van der Waals surface area (Å²) in [6.07, 6.45) is 3.38. The lowest BCUT2D eigenvalue weighted by Gasteiger charge is -2.11. The van der Waals surface area contributed by atoms with Crippen LogP contribution in [0.1, 0.15) is 28.2 Å². The Kier molecular flexibility index (Phi) is 7.65. The number of rotatable bonds is 9. The Morgan fingerprint density at radius 1 is 1.00 bits per heavy atom. The number of hydrogen-bond donors (Lipinski definition) is 2. The van der Waals surface area contributed by atoms with Gasteiger partial charge in [0.2, 0.25) is 5.91 Å². The van der Waals surface area contributed by atoms with Crippen LogP contribution in [0.25, 0.3) is 11.0 Å². The predicted octanol–water partition coefficient (Wildman–Crippen LogP) is 5.07. The Labute approximate surface area is 203 Å². The molecule has 3 aromatic carbocycles. The SMILES string of the molecule is CSc1cccc(NC(=O)Cn2c(CCCNC(=O)c3ccc(C)cc3)nc3ccccc32)c1. The topological polar surface area (TPSA) is 76.0 Å². The molecule has 0 bridgehead atoms. The summed E-state index contributed by atoms with van der Waals surface area (Å²) in [5, 5.41) is 5.96. The maximum atomic E-state index is 12.9. The zero-order valence-electron chi connectivity index (χ0n) is 19.4. The normalized spacial score (nSPS) is 10.9. The summed E-state index contributed by atoms with van der Waals surface area (Å²) in [7, 11) is 0. The van der Waals surface area contributed by atoms with Gasteiger partial charge in [0.15, 0.2) is 0 Å². The van der Waals surface area contributed by atoms with Gasteiger partial charge in [0, 0.05) is 29.1 Å². The Balaban J connectivity index is 1.41. The number of benzene rings is 3. The van der Waals surface area contributed by atoms with E-state index in [2.05, 4.69) is 10.6 Å². The van der Waals surface area contributed by atoms with Crippen LogP contribution in [0.5, 0.6) is 0 Å². The van der Waals surface area contributed by atoms with E-state index in [1.165, 1.54) is 0 Å². The minimum Gasteiger partial charge on any atom is -0.352 e. The highest BCUT2D eigenvalue weighted by Gasteiger charge is 2.14. The molecule has 2 N–H and O–H groups in total. The number of carbonyl (C=O) groups is 2. The molecule has 1 heterocycles. The molecule has 0 saturated carbocycles. The predicted molar refractivity (Wildman–Crippen MR) is 138 cm³/mol. The van der Waals surface area contributed by atoms with Crippen molar-refractivity contribution in [1.29, 1.82) is 0 Å². The first-order valence-corrected chi connectivity index (χ1v) is 12.5. The summed E-state index contributed by atoms with van der Waals surface area (Å²) in [6.45, 7) is 2.70. The average molecular weight is 473 g/mol. The third-order valence-corrected chi connectivity index (χ3v) is 6.29. The van der Waals surface area contributed by atoms with Gasteiger partial charge >= 0.3 is 0 Å². The van der Waals surface area contributed by atoms with Crippen molar-refractivity contribution in [2.75, 3.05) is 18.1 Å². The van der Waals surface area contributed by atoms with Crippen molar-refractivity contribution in [3.8, 4) is 0 Å². The Morgan fingerprint density at radius 3 is 2.59 bits per heavy atom. The van der Waals surface area contributed by atoms with Crippen molar-refractivity contribution in [3.05, 3.63) is 89.7 Å². The summed E-state index contributed by atoms with van der Waals surface area (Å²) >= 11 is 1.64. The molecule has 174 valence electrons. The van der Waals surface area contributed by atoms with Crippen LogP contribution in [-0.2, 0) is 17.8 Å². The van der Waals surface area contributed by atoms with Crippen LogP contribution in [0.4, 0.5) is 5.69 Å². The standard InChI is InChI=1S/C27H28N4O2S/c1-19-12-14-20(15-13-19)27(33)28-16-6-11-25-30-23-9-3-4-10-24(23)31(25)18-26(32)29-21-7-5-8-22(17-21)34-2/h3-5,7-10,12-15,17H,6,11,16,18H2,1-2H3,(H,28,33)(H,29,32). The van der Waals surface area contributed by atoms with Crippen LogP contribution < -0.4 is 10.6 Å². The van der Waals surface area contributed by atoms with Gasteiger partial charge in [-0.05, 0) is 62.1 Å². The summed E-state index contributed by atoms with van der Waals surface area (Å²) < 4.78 is 1.96. The van der Waals surface area contributed by atoms with E-state index in [1.807, 2.05) is 90.5 Å². The number of aromatic nitrogens is 2. The number of nitrogens with zero attached hydrogens (tertiary/aromatic N) is 2. The number of fused-ring (bicyclic) bond motifs is 1. The highest BCUT2D eigenvalue weighted by molar-refractivity contribution is 7.98. The fraction of sp³-hybridized carbons (Fsp3) is 0.222. The summed E-state index contributed by atoms with van der Waals surface area (Å²) in [5.41, 5.74) is 4.34. The smallest absolute Gasteiger partial charge is 0.251 e. The molecule has 7 heteroatoms. The molecule has 4 rings (SSSR count). The minimum absolute atomic E-state index is 0.0830. The third kappa shape index (κ3) is 5.85. The molecule has 0 atom stereocenters. The van der Waals surface area contributed by atoms with E-state index in [4.69, 9.17) is 4.98 Å². The molecular weight excluding hydrogens is 444 g/mol. The maximum Gasteiger partial charge on any atom is 0.251 e. The number of anilines is 1. The molecule has 34 heavy (non-hydrogen) atoms. The first kappa shape index (κ1) is 23.6. The van der Waals surface area contributed by atoms with Gasteiger partial charge in [-0.2, -0.15) is 0 Å². The molecular formula is C27H28N4O2S. The molecule has 0 aliphatic carbocycles. The number of carbonyl (C=O) groups excluding carboxylic acids is 2. The molecule has 0 aliphatic rings. The van der Waals surface area contributed by atoms with Crippen LogP contribution in [0.15, 0.2) is 77.7 Å². The van der Waals surface area contributed by atoms with E-state index >= 15 is 0 Å². The molecule has 0 spiro atoms. The molecule has 0 fully saturated rings. The van der Waals surface area contributed by atoms with Gasteiger partial charge in [-0.15, -0.1) is 11.8 Å². The number of imidazole rings is 1. The van der Waals surface area contributed by atoms with Gasteiger partial charge in [0.05, 0.1) is 11.0 Å². The van der Waals surface area contributed by atoms with Crippen molar-refractivity contribution in [2.45, 2.75) is 31.2 Å². The van der Waals surface area contributed by atoms with Crippen LogP contribution in [0.3, 0.4) is 0 Å². The molecule has 0 radical (unpaired) electrons. The van der Waals surface area contributed by atoms with E-state index in [9.17, 15) is 9.59 Å². The lowest BCUT2D eigenvalue weighted by molar-refractivity contribution is -0.116. The Morgan fingerprint density at radius 2 is 1.79 bits per heavy atom. The first-order chi connectivity index (χ1) is 16.5. The van der Waals surface area contributed by atoms with Crippen molar-refractivity contribution in [1.82, 2.24) is 14.9 Å². The molecule has 0 saturated heterocycles. The molecule has 0 unspecified atom stereocenters. The Hall–Kier alpha value is -3.58.